The van der Waals surface area contributed by atoms with Gasteiger partial charge in [-0.25, -0.2) is 9.78 Å². The predicted molar refractivity (Wildman–Crippen MR) is 71.5 cm³/mol. The van der Waals surface area contributed by atoms with Crippen LogP contribution in [-0.4, -0.2) is 21.2 Å². The van der Waals surface area contributed by atoms with Gasteiger partial charge in [-0.15, -0.1) is 0 Å². The highest BCUT2D eigenvalue weighted by molar-refractivity contribution is 6.02. The van der Waals surface area contributed by atoms with Crippen molar-refractivity contribution < 1.29 is 14.4 Å². The minimum absolute atomic E-state index is 0.222. The van der Waals surface area contributed by atoms with Crippen molar-refractivity contribution in [1.29, 1.82) is 0 Å². The Morgan fingerprint density at radius 1 is 1.42 bits per heavy atom. The predicted octanol–water partition coefficient (Wildman–Crippen LogP) is 3.17. The van der Waals surface area contributed by atoms with Gasteiger partial charge in [0.05, 0.1) is 22.3 Å². The molecule has 0 aliphatic rings. The summed E-state index contributed by atoms with van der Waals surface area (Å²) in [5.41, 5.74) is 1.66. The van der Waals surface area contributed by atoms with Gasteiger partial charge in [-0.05, 0) is 12.5 Å². The second kappa shape index (κ2) is 4.64. The molecule has 5 nitrogen and oxygen atoms in total. The summed E-state index contributed by atoms with van der Waals surface area (Å²) in [6.45, 7) is 7.96. The average Bonchev–Trinajstić information content (AvgIpc) is 2.70. The summed E-state index contributed by atoms with van der Waals surface area (Å²) in [6, 6.07) is 1.63. The molecule has 0 fully saturated rings. The third-order valence-electron chi connectivity index (χ3n) is 3.00. The van der Waals surface area contributed by atoms with Gasteiger partial charge in [0.15, 0.2) is 0 Å². The fraction of sp³-hybridized carbons (Fsp3) is 0.500. The molecule has 2 heterocycles. The Balaban J connectivity index is 2.74. The molecule has 0 aliphatic heterocycles. The number of rotatable bonds is 3. The van der Waals surface area contributed by atoms with E-state index in [1.165, 1.54) is 0 Å². The van der Waals surface area contributed by atoms with Crippen molar-refractivity contribution in [2.24, 2.45) is 0 Å². The fourth-order valence-electron chi connectivity index (χ4n) is 1.97. The van der Waals surface area contributed by atoms with E-state index in [1.54, 1.807) is 6.07 Å². The Bertz CT molecular complexity index is 623. The van der Waals surface area contributed by atoms with Crippen LogP contribution < -0.4 is 0 Å². The van der Waals surface area contributed by atoms with E-state index in [-0.39, 0.29) is 11.0 Å². The molecular weight excluding hydrogens is 244 g/mol. The van der Waals surface area contributed by atoms with Crippen molar-refractivity contribution in [1.82, 2.24) is 10.1 Å². The van der Waals surface area contributed by atoms with E-state index >= 15 is 0 Å². The van der Waals surface area contributed by atoms with Crippen LogP contribution in [0.15, 0.2) is 10.6 Å². The zero-order valence-corrected chi connectivity index (χ0v) is 11.6. The topological polar surface area (TPSA) is 76.2 Å². The SMILES string of the molecule is CCCc1noc2nc(C(C)(C)C)cc(C(=O)O)c12. The molecule has 1 N–H and O–H groups in total. The molecule has 2 aromatic heterocycles. The lowest BCUT2D eigenvalue weighted by atomic mass is 9.90. The fourth-order valence-corrected chi connectivity index (χ4v) is 1.97. The number of aryl methyl sites for hydroxylation is 1. The molecular formula is C14H18N2O3. The standard InChI is InChI=1S/C14H18N2O3/c1-5-6-9-11-8(13(17)18)7-10(14(2,3)4)15-12(11)19-16-9/h7H,5-6H2,1-4H3,(H,17,18). The van der Waals surface area contributed by atoms with Gasteiger partial charge in [-0.2, -0.15) is 0 Å². The third kappa shape index (κ3) is 2.45. The van der Waals surface area contributed by atoms with Crippen LogP contribution in [0.3, 0.4) is 0 Å². The molecule has 5 heteroatoms. The quantitative estimate of drug-likeness (QED) is 0.919. The van der Waals surface area contributed by atoms with Crippen molar-refractivity contribution >= 4 is 17.1 Å². The number of pyridine rings is 1. The van der Waals surface area contributed by atoms with Crippen LogP contribution >= 0.6 is 0 Å². The van der Waals surface area contributed by atoms with Crippen molar-refractivity contribution in [3.05, 3.63) is 23.0 Å². The lowest BCUT2D eigenvalue weighted by molar-refractivity contribution is 0.0698. The third-order valence-corrected chi connectivity index (χ3v) is 3.00. The first-order valence-electron chi connectivity index (χ1n) is 6.37. The minimum Gasteiger partial charge on any atom is -0.478 e. The summed E-state index contributed by atoms with van der Waals surface area (Å²) in [6.07, 6.45) is 1.56. The van der Waals surface area contributed by atoms with Crippen LogP contribution in [0.5, 0.6) is 0 Å². The minimum atomic E-state index is -0.974. The number of carboxylic acids is 1. The molecule has 0 radical (unpaired) electrons. The Labute approximate surface area is 111 Å². The number of aromatic nitrogens is 2. The van der Waals surface area contributed by atoms with Gasteiger partial charge < -0.3 is 9.63 Å². The van der Waals surface area contributed by atoms with Gasteiger partial charge in [-0.3, -0.25) is 0 Å². The maximum absolute atomic E-state index is 11.5. The molecule has 0 unspecified atom stereocenters. The van der Waals surface area contributed by atoms with E-state index in [1.807, 2.05) is 27.7 Å². The first-order chi connectivity index (χ1) is 8.84. The molecule has 102 valence electrons. The number of carbonyl (C=O) groups is 1. The molecule has 2 aromatic rings. The molecule has 2 rings (SSSR count). The molecule has 0 saturated heterocycles. The molecule has 0 saturated carbocycles. The van der Waals surface area contributed by atoms with Crippen molar-refractivity contribution in [2.75, 3.05) is 0 Å². The van der Waals surface area contributed by atoms with Gasteiger partial charge in [0.1, 0.15) is 0 Å². The highest BCUT2D eigenvalue weighted by atomic mass is 16.5. The summed E-state index contributed by atoms with van der Waals surface area (Å²) in [5, 5.41) is 13.9. The average molecular weight is 262 g/mol. The molecule has 0 aliphatic carbocycles. The lowest BCUT2D eigenvalue weighted by Crippen LogP contribution is -2.15. The summed E-state index contributed by atoms with van der Waals surface area (Å²) in [4.78, 5) is 15.9. The summed E-state index contributed by atoms with van der Waals surface area (Å²) in [5.74, 6) is -0.974. The van der Waals surface area contributed by atoms with Crippen molar-refractivity contribution in [2.45, 2.75) is 46.0 Å². The Morgan fingerprint density at radius 3 is 2.63 bits per heavy atom. The van der Waals surface area contributed by atoms with Crippen LogP contribution in [0.4, 0.5) is 0 Å². The molecule has 0 atom stereocenters. The number of hydrogen-bond donors (Lipinski definition) is 1. The highest BCUT2D eigenvalue weighted by Crippen LogP contribution is 2.28. The monoisotopic (exact) mass is 262 g/mol. The zero-order chi connectivity index (χ0) is 14.2. The van der Waals surface area contributed by atoms with E-state index < -0.39 is 5.97 Å². The number of fused-ring (bicyclic) bond motifs is 1. The van der Waals surface area contributed by atoms with Gasteiger partial charge in [-0.1, -0.05) is 39.3 Å². The Morgan fingerprint density at radius 2 is 2.11 bits per heavy atom. The first kappa shape index (κ1) is 13.5. The van der Waals surface area contributed by atoms with Gasteiger partial charge in [0.25, 0.3) is 5.71 Å². The van der Waals surface area contributed by atoms with Gasteiger partial charge >= 0.3 is 5.97 Å². The number of nitrogens with zero attached hydrogens (tertiary/aromatic N) is 2. The number of aromatic carboxylic acids is 1. The van der Waals surface area contributed by atoms with Crippen LogP contribution in [-0.2, 0) is 11.8 Å². The van der Waals surface area contributed by atoms with Crippen LogP contribution in [0, 0.1) is 0 Å². The van der Waals surface area contributed by atoms with Gasteiger partial charge in [0.2, 0.25) is 0 Å². The van der Waals surface area contributed by atoms with E-state index in [4.69, 9.17) is 4.52 Å². The zero-order valence-electron chi connectivity index (χ0n) is 11.6. The summed E-state index contributed by atoms with van der Waals surface area (Å²) in [7, 11) is 0. The molecule has 19 heavy (non-hydrogen) atoms. The number of hydrogen-bond acceptors (Lipinski definition) is 4. The van der Waals surface area contributed by atoms with E-state index in [0.717, 1.165) is 6.42 Å². The van der Waals surface area contributed by atoms with Crippen molar-refractivity contribution in [3.8, 4) is 0 Å². The molecule has 0 aromatic carbocycles. The Kier molecular flexibility index (Phi) is 3.30. The van der Waals surface area contributed by atoms with Crippen LogP contribution in [0.1, 0.15) is 55.9 Å². The van der Waals surface area contributed by atoms with E-state index in [2.05, 4.69) is 10.1 Å². The lowest BCUT2D eigenvalue weighted by Gasteiger charge is -2.17. The van der Waals surface area contributed by atoms with Gasteiger partial charge in [0, 0.05) is 5.41 Å². The van der Waals surface area contributed by atoms with Crippen LogP contribution in [0.2, 0.25) is 0 Å². The van der Waals surface area contributed by atoms with E-state index in [0.29, 0.717) is 28.9 Å². The van der Waals surface area contributed by atoms with Crippen LogP contribution in [0.25, 0.3) is 11.1 Å². The second-order valence-corrected chi connectivity index (χ2v) is 5.67. The second-order valence-electron chi connectivity index (χ2n) is 5.67. The maximum Gasteiger partial charge on any atom is 0.336 e. The largest absolute Gasteiger partial charge is 0.478 e. The normalized spacial score (nSPS) is 12.0. The molecule has 0 spiro atoms. The molecule has 0 bridgehead atoms. The first-order valence-corrected chi connectivity index (χ1v) is 6.37. The summed E-state index contributed by atoms with van der Waals surface area (Å²) >= 11 is 0. The van der Waals surface area contributed by atoms with E-state index in [9.17, 15) is 9.90 Å². The van der Waals surface area contributed by atoms with Crippen molar-refractivity contribution in [3.63, 3.8) is 0 Å². The Hall–Kier alpha value is -1.91. The molecule has 0 amide bonds. The maximum atomic E-state index is 11.5. The summed E-state index contributed by atoms with van der Waals surface area (Å²) < 4.78 is 5.20. The smallest absolute Gasteiger partial charge is 0.336 e. The number of carboxylic acid groups (broad SMARTS) is 1. The highest BCUT2D eigenvalue weighted by Gasteiger charge is 2.24.